The number of piperazine rings is 2. The number of halogens is 2. The van der Waals surface area contributed by atoms with E-state index in [4.69, 9.17) is 0 Å². The van der Waals surface area contributed by atoms with E-state index in [2.05, 4.69) is 44.9 Å². The molecule has 4 heterocycles. The molecule has 4 aromatic rings. The first kappa shape index (κ1) is 45.0. The lowest BCUT2D eigenvalue weighted by molar-refractivity contribution is -0.128. The Morgan fingerprint density at radius 2 is 0.969 bits per heavy atom. The number of amides is 4. The Labute approximate surface area is 374 Å². The summed E-state index contributed by atoms with van der Waals surface area (Å²) in [4.78, 5) is 64.4. The van der Waals surface area contributed by atoms with Crippen LogP contribution in [-0.2, 0) is 42.8 Å². The van der Waals surface area contributed by atoms with Gasteiger partial charge >= 0.3 is 0 Å². The van der Waals surface area contributed by atoms with Gasteiger partial charge < -0.3 is 31.1 Å². The Bertz CT molecular complexity index is 2220. The van der Waals surface area contributed by atoms with Crippen LogP contribution in [0.5, 0.6) is 0 Å². The molecule has 64 heavy (non-hydrogen) atoms. The summed E-state index contributed by atoms with van der Waals surface area (Å²) in [6, 6.07) is 25.0. The standard InChI is InChI=1S/C50H60F2N8O4/c1-33-27-57(21-19-53-33)29-45(61)59-31-49(3,41-15-9-37(25-43(41)59)23-35-5-11-39(51)12-6-35)47(63)55-17-18-56-48(64)50(4)32-60(46(62)30-58-22-20-54-34(2)28-58)44-26-38(10-16-42(44)50)24-36-7-13-40(52)14-8-36/h5-16,25-26,33-34,53-54H,17-24,27-32H2,1-4H3,(H,55,63)(H,56,64)/t33-,34-,49?,50?/m1/s1. The fraction of sp³-hybridized carbons (Fsp3) is 0.440. The quantitative estimate of drug-likeness (QED) is 0.149. The maximum atomic E-state index is 14.3. The molecule has 0 radical (unpaired) electrons. The average Bonchev–Trinajstić information content (AvgIpc) is 3.75. The monoisotopic (exact) mass is 874 g/mol. The van der Waals surface area contributed by atoms with Crippen molar-refractivity contribution >= 4 is 35.0 Å². The zero-order valence-corrected chi connectivity index (χ0v) is 37.3. The topological polar surface area (TPSA) is 129 Å². The average molecular weight is 875 g/mol. The first-order valence-corrected chi connectivity index (χ1v) is 22.5. The Morgan fingerprint density at radius 1 is 0.594 bits per heavy atom. The van der Waals surface area contributed by atoms with E-state index < -0.39 is 10.8 Å². The van der Waals surface area contributed by atoms with Crippen LogP contribution in [-0.4, -0.2) is 124 Å². The zero-order valence-electron chi connectivity index (χ0n) is 37.3. The van der Waals surface area contributed by atoms with Crippen LogP contribution >= 0.6 is 0 Å². The van der Waals surface area contributed by atoms with Crippen molar-refractivity contribution in [3.8, 4) is 0 Å². The summed E-state index contributed by atoms with van der Waals surface area (Å²) >= 11 is 0. The lowest BCUT2D eigenvalue weighted by atomic mass is 9.82. The van der Waals surface area contributed by atoms with E-state index in [-0.39, 0.29) is 86.6 Å². The molecule has 4 N–H and O–H groups in total. The summed E-state index contributed by atoms with van der Waals surface area (Å²) < 4.78 is 27.3. The van der Waals surface area contributed by atoms with Crippen LogP contribution in [0.2, 0.25) is 0 Å². The van der Waals surface area contributed by atoms with Crippen molar-refractivity contribution in [3.63, 3.8) is 0 Å². The third kappa shape index (κ3) is 9.75. The molecule has 0 bridgehead atoms. The summed E-state index contributed by atoms with van der Waals surface area (Å²) in [7, 11) is 0. The molecule has 0 saturated carbocycles. The summed E-state index contributed by atoms with van der Waals surface area (Å²) in [6.07, 6.45) is 1.07. The van der Waals surface area contributed by atoms with E-state index in [1.54, 1.807) is 34.1 Å². The summed E-state index contributed by atoms with van der Waals surface area (Å²) in [5, 5.41) is 13.0. The number of hydrogen-bond donors (Lipinski definition) is 4. The minimum absolute atomic E-state index is 0.0826. The second-order valence-electron chi connectivity index (χ2n) is 18.6. The van der Waals surface area contributed by atoms with Gasteiger partial charge in [0.05, 0.1) is 23.9 Å². The Hall–Kier alpha value is -5.54. The van der Waals surface area contributed by atoms with Gasteiger partial charge in [0, 0.05) is 88.9 Å². The van der Waals surface area contributed by atoms with Crippen LogP contribution in [0, 0.1) is 11.6 Å². The highest BCUT2D eigenvalue weighted by Crippen LogP contribution is 2.43. The number of benzene rings is 4. The van der Waals surface area contributed by atoms with Gasteiger partial charge in [0.25, 0.3) is 0 Å². The molecule has 0 spiro atoms. The number of nitrogens with zero attached hydrogens (tertiary/aromatic N) is 4. The zero-order chi connectivity index (χ0) is 45.2. The number of nitrogens with one attached hydrogen (secondary N) is 4. The van der Waals surface area contributed by atoms with Crippen molar-refractivity contribution in [2.24, 2.45) is 0 Å². The Morgan fingerprint density at radius 3 is 1.34 bits per heavy atom. The van der Waals surface area contributed by atoms with E-state index in [0.29, 0.717) is 24.2 Å². The van der Waals surface area contributed by atoms with Crippen LogP contribution in [0.25, 0.3) is 0 Å². The molecule has 338 valence electrons. The molecule has 8 rings (SSSR count). The summed E-state index contributed by atoms with van der Waals surface area (Å²) in [5.41, 5.74) is 4.49. The third-order valence-corrected chi connectivity index (χ3v) is 13.4. The molecule has 0 aromatic heterocycles. The van der Waals surface area contributed by atoms with Gasteiger partial charge in [-0.2, -0.15) is 0 Å². The van der Waals surface area contributed by atoms with Gasteiger partial charge in [-0.1, -0.05) is 48.5 Å². The molecule has 4 aliphatic rings. The molecule has 4 aliphatic heterocycles. The normalized spacial score (nSPS) is 23.4. The Kier molecular flexibility index (Phi) is 13.3. The molecule has 0 aliphatic carbocycles. The molecule has 4 aromatic carbocycles. The molecule has 4 amide bonds. The number of hydrogen-bond acceptors (Lipinski definition) is 8. The van der Waals surface area contributed by atoms with E-state index in [0.717, 1.165) is 72.6 Å². The number of carbonyl (C=O) groups excluding carboxylic acids is 4. The van der Waals surface area contributed by atoms with Crippen molar-refractivity contribution in [2.45, 2.75) is 63.5 Å². The highest BCUT2D eigenvalue weighted by Gasteiger charge is 2.48. The fourth-order valence-corrected chi connectivity index (χ4v) is 9.84. The van der Waals surface area contributed by atoms with Crippen LogP contribution in [0.1, 0.15) is 61.1 Å². The second kappa shape index (κ2) is 18.9. The molecule has 2 unspecified atom stereocenters. The van der Waals surface area contributed by atoms with Crippen LogP contribution in [0.15, 0.2) is 84.9 Å². The highest BCUT2D eigenvalue weighted by molar-refractivity contribution is 6.04. The SMILES string of the molecule is C[C@@H]1CN(CC(=O)N2CC(C)(C(=O)NCCNC(=O)C3(C)CN(C(=O)CN4CCN[C@H](C)C4)c4cc(Cc5ccc(F)cc5)ccc43)c3ccc(Cc4ccc(F)cc4)cc32)CCN1. The van der Waals surface area contributed by atoms with Gasteiger partial charge in [0.1, 0.15) is 11.6 Å². The first-order valence-electron chi connectivity index (χ1n) is 22.5. The van der Waals surface area contributed by atoms with E-state index >= 15 is 0 Å². The van der Waals surface area contributed by atoms with Crippen molar-refractivity contribution in [1.29, 1.82) is 0 Å². The van der Waals surface area contributed by atoms with E-state index in [1.165, 1.54) is 24.3 Å². The van der Waals surface area contributed by atoms with Gasteiger partial charge in [-0.3, -0.25) is 29.0 Å². The van der Waals surface area contributed by atoms with Crippen molar-refractivity contribution < 1.29 is 28.0 Å². The molecular weight excluding hydrogens is 815 g/mol. The molecule has 4 atom stereocenters. The van der Waals surface area contributed by atoms with E-state index in [1.807, 2.05) is 50.2 Å². The maximum Gasteiger partial charge on any atom is 0.241 e. The van der Waals surface area contributed by atoms with Gasteiger partial charge in [0.2, 0.25) is 23.6 Å². The number of rotatable bonds is 13. The van der Waals surface area contributed by atoms with Gasteiger partial charge in [0.15, 0.2) is 0 Å². The molecular formula is C50H60F2N8O4. The molecule has 12 nitrogen and oxygen atoms in total. The Balaban J connectivity index is 0.955. The minimum atomic E-state index is -1.06. The van der Waals surface area contributed by atoms with Crippen LogP contribution in [0.3, 0.4) is 0 Å². The van der Waals surface area contributed by atoms with Crippen LogP contribution < -0.4 is 31.1 Å². The maximum absolute atomic E-state index is 14.3. The summed E-state index contributed by atoms with van der Waals surface area (Å²) in [6.45, 7) is 13.6. The van der Waals surface area contributed by atoms with Gasteiger partial charge in [-0.15, -0.1) is 0 Å². The molecule has 2 saturated heterocycles. The minimum Gasteiger partial charge on any atom is -0.354 e. The van der Waals surface area contributed by atoms with Crippen molar-refractivity contribution in [2.75, 3.05) is 88.3 Å². The summed E-state index contributed by atoms with van der Waals surface area (Å²) in [5.74, 6) is -1.29. The van der Waals surface area contributed by atoms with Gasteiger partial charge in [-0.05, 0) is 110 Å². The van der Waals surface area contributed by atoms with Crippen molar-refractivity contribution in [3.05, 3.63) is 130 Å². The van der Waals surface area contributed by atoms with Gasteiger partial charge in [-0.25, -0.2) is 8.78 Å². The first-order chi connectivity index (χ1) is 30.7. The number of carbonyl (C=O) groups is 4. The fourth-order valence-electron chi connectivity index (χ4n) is 9.84. The lowest BCUT2D eigenvalue weighted by Gasteiger charge is -2.33. The van der Waals surface area contributed by atoms with E-state index in [9.17, 15) is 28.0 Å². The largest absolute Gasteiger partial charge is 0.354 e. The second-order valence-corrected chi connectivity index (χ2v) is 18.6. The molecule has 14 heteroatoms. The third-order valence-electron chi connectivity index (χ3n) is 13.4. The predicted octanol–water partition coefficient (Wildman–Crippen LogP) is 3.88. The van der Waals surface area contributed by atoms with Crippen LogP contribution in [0.4, 0.5) is 20.2 Å². The highest BCUT2D eigenvalue weighted by atomic mass is 19.1. The predicted molar refractivity (Wildman–Crippen MR) is 245 cm³/mol. The number of anilines is 2. The number of fused-ring (bicyclic) bond motifs is 2. The molecule has 2 fully saturated rings. The van der Waals surface area contributed by atoms with Crippen molar-refractivity contribution in [1.82, 2.24) is 31.1 Å². The lowest BCUT2D eigenvalue weighted by Crippen LogP contribution is -2.54. The smallest absolute Gasteiger partial charge is 0.241 e.